The van der Waals surface area contributed by atoms with Crippen LogP contribution in [0.3, 0.4) is 0 Å². The first-order valence-electron chi connectivity index (χ1n) is 9.26. The largest absolute Gasteiger partial charge is 0.347 e. The second-order valence-corrected chi connectivity index (χ2v) is 7.36. The van der Waals surface area contributed by atoms with Crippen LogP contribution in [-0.4, -0.2) is 56.0 Å². The van der Waals surface area contributed by atoms with E-state index < -0.39 is 0 Å². The number of amides is 1. The summed E-state index contributed by atoms with van der Waals surface area (Å²) in [5.74, 6) is 0.445. The molecule has 28 heavy (non-hydrogen) atoms. The number of aryl methyl sites for hydroxylation is 1. The number of rotatable bonds is 3. The highest BCUT2D eigenvalue weighted by molar-refractivity contribution is 5.94. The van der Waals surface area contributed by atoms with Crippen LogP contribution in [0.1, 0.15) is 46.2 Å². The third-order valence-electron chi connectivity index (χ3n) is 5.26. The van der Waals surface area contributed by atoms with Crippen LogP contribution in [0, 0.1) is 13.8 Å². The second kappa shape index (κ2) is 6.74. The van der Waals surface area contributed by atoms with Gasteiger partial charge in [-0.2, -0.15) is 0 Å². The van der Waals surface area contributed by atoms with Crippen LogP contribution >= 0.6 is 0 Å². The fourth-order valence-electron chi connectivity index (χ4n) is 3.57. The number of nitrogens with zero attached hydrogens (tertiary/aromatic N) is 6. The van der Waals surface area contributed by atoms with Crippen LogP contribution in [0.25, 0.3) is 5.65 Å². The molecule has 1 aliphatic heterocycles. The number of anilines is 1. The minimum absolute atomic E-state index is 0.112. The highest BCUT2D eigenvalue weighted by Crippen LogP contribution is 2.32. The van der Waals surface area contributed by atoms with Crippen LogP contribution < -0.4 is 10.5 Å². The molecule has 1 amide bonds. The lowest BCUT2D eigenvalue weighted by molar-refractivity contribution is 0.0732. The quantitative estimate of drug-likeness (QED) is 0.738. The molecule has 0 unspecified atom stereocenters. The van der Waals surface area contributed by atoms with E-state index in [0.717, 1.165) is 18.5 Å². The predicted octanol–water partition coefficient (Wildman–Crippen LogP) is 1.47. The lowest BCUT2D eigenvalue weighted by Gasteiger charge is -2.23. The summed E-state index contributed by atoms with van der Waals surface area (Å²) in [6.07, 6.45) is 4.83. The van der Waals surface area contributed by atoms with E-state index in [1.165, 1.54) is 4.52 Å². The topological polar surface area (TPSA) is 99.5 Å². The van der Waals surface area contributed by atoms with Crippen LogP contribution in [0.2, 0.25) is 0 Å². The van der Waals surface area contributed by atoms with Gasteiger partial charge in [0.15, 0.2) is 5.65 Å². The molecule has 0 saturated carbocycles. The fourth-order valence-corrected chi connectivity index (χ4v) is 3.57. The summed E-state index contributed by atoms with van der Waals surface area (Å²) in [5.41, 5.74) is 3.05. The molecule has 9 nitrogen and oxygen atoms in total. The Morgan fingerprint density at radius 2 is 1.96 bits per heavy atom. The molecule has 3 aromatic heterocycles. The molecule has 0 aliphatic carbocycles. The maximum absolute atomic E-state index is 13.0. The number of carbonyl (C=O) groups excluding carboxylic acids is 1. The Morgan fingerprint density at radius 1 is 1.25 bits per heavy atom. The lowest BCUT2D eigenvalue weighted by atomic mass is 10.1. The van der Waals surface area contributed by atoms with E-state index in [-0.39, 0.29) is 17.5 Å². The van der Waals surface area contributed by atoms with E-state index >= 15 is 0 Å². The van der Waals surface area contributed by atoms with Gasteiger partial charge in [-0.1, -0.05) is 0 Å². The van der Waals surface area contributed by atoms with Gasteiger partial charge in [0, 0.05) is 50.4 Å². The van der Waals surface area contributed by atoms with Gasteiger partial charge < -0.3 is 9.80 Å². The zero-order valence-electron chi connectivity index (χ0n) is 16.4. The minimum atomic E-state index is -0.136. The third kappa shape index (κ3) is 2.92. The summed E-state index contributed by atoms with van der Waals surface area (Å²) in [7, 11) is 3.70. The third-order valence-corrected chi connectivity index (χ3v) is 5.26. The number of likely N-dealkylation sites (tertiary alicyclic amines) is 1. The van der Waals surface area contributed by atoms with Crippen molar-refractivity contribution >= 4 is 17.5 Å². The molecule has 1 fully saturated rings. The first-order valence-corrected chi connectivity index (χ1v) is 9.26. The Morgan fingerprint density at radius 3 is 2.64 bits per heavy atom. The molecule has 9 heteroatoms. The summed E-state index contributed by atoms with van der Waals surface area (Å²) < 4.78 is 1.45. The Kier molecular flexibility index (Phi) is 4.37. The highest BCUT2D eigenvalue weighted by Gasteiger charge is 2.32. The average molecular weight is 381 g/mol. The van der Waals surface area contributed by atoms with Crippen molar-refractivity contribution in [3.05, 3.63) is 51.3 Å². The molecule has 0 spiro atoms. The van der Waals surface area contributed by atoms with Crippen molar-refractivity contribution < 1.29 is 4.79 Å². The van der Waals surface area contributed by atoms with Crippen LogP contribution in [0.15, 0.2) is 23.3 Å². The average Bonchev–Trinajstić information content (AvgIpc) is 3.32. The standard InChI is InChI=1S/C19H23N7O2/c1-11-12(2)22-16-8-14(23-26(16)17(11)27)15-6-5-7-25(15)18(28)13-9-20-19(21-10-13)24(3)4/h8-10,15,23H,5-7H2,1-4H3/t15-/m0/s1. The second-order valence-electron chi connectivity index (χ2n) is 7.36. The first-order chi connectivity index (χ1) is 13.4. The SMILES string of the molecule is Cc1nc2cc([C@@H]3CCCN3C(=O)c3cnc(N(C)C)nc3)[nH]n2c(=O)c1C. The van der Waals surface area contributed by atoms with Gasteiger partial charge in [0.1, 0.15) is 0 Å². The molecule has 4 heterocycles. The number of aromatic nitrogens is 5. The summed E-state index contributed by atoms with van der Waals surface area (Å²) in [6.45, 7) is 4.24. The highest BCUT2D eigenvalue weighted by atomic mass is 16.2. The molecule has 1 saturated heterocycles. The van der Waals surface area contributed by atoms with Gasteiger partial charge in [-0.25, -0.2) is 19.5 Å². The zero-order valence-corrected chi connectivity index (χ0v) is 16.4. The normalized spacial score (nSPS) is 16.7. The van der Waals surface area contributed by atoms with Gasteiger partial charge in [0.2, 0.25) is 5.95 Å². The first kappa shape index (κ1) is 18.1. The van der Waals surface area contributed by atoms with Crippen molar-refractivity contribution in [1.29, 1.82) is 0 Å². The number of fused-ring (bicyclic) bond motifs is 1. The monoisotopic (exact) mass is 381 g/mol. The Bertz CT molecular complexity index is 1100. The van der Waals surface area contributed by atoms with E-state index in [2.05, 4.69) is 20.1 Å². The summed E-state index contributed by atoms with van der Waals surface area (Å²) in [4.78, 5) is 42.1. The van der Waals surface area contributed by atoms with Crippen LogP contribution in [0.4, 0.5) is 5.95 Å². The Labute approximate surface area is 162 Å². The van der Waals surface area contributed by atoms with E-state index in [1.54, 1.807) is 24.2 Å². The van der Waals surface area contributed by atoms with Crippen molar-refractivity contribution in [1.82, 2.24) is 29.5 Å². The molecule has 0 bridgehead atoms. The molecule has 1 aliphatic rings. The number of H-pyrrole nitrogens is 1. The summed E-state index contributed by atoms with van der Waals surface area (Å²) >= 11 is 0. The van der Waals surface area contributed by atoms with Crippen molar-refractivity contribution in [3.8, 4) is 0 Å². The van der Waals surface area contributed by atoms with E-state index in [0.29, 0.717) is 35.0 Å². The smallest absolute Gasteiger partial charge is 0.275 e. The Hall–Kier alpha value is -3.23. The van der Waals surface area contributed by atoms with E-state index in [9.17, 15) is 9.59 Å². The molecule has 146 valence electrons. The minimum Gasteiger partial charge on any atom is -0.347 e. The van der Waals surface area contributed by atoms with Gasteiger partial charge in [0.25, 0.3) is 11.5 Å². The number of carbonyl (C=O) groups is 1. The maximum atomic E-state index is 13.0. The summed E-state index contributed by atoms with van der Waals surface area (Å²) in [6, 6.07) is 1.72. The summed E-state index contributed by atoms with van der Waals surface area (Å²) in [5, 5.41) is 3.14. The molecule has 3 aromatic rings. The van der Waals surface area contributed by atoms with Gasteiger partial charge >= 0.3 is 0 Å². The van der Waals surface area contributed by atoms with Crippen molar-refractivity contribution in [2.75, 3.05) is 25.5 Å². The van der Waals surface area contributed by atoms with Gasteiger partial charge in [-0.3, -0.25) is 14.7 Å². The van der Waals surface area contributed by atoms with Crippen molar-refractivity contribution in [2.24, 2.45) is 0 Å². The number of hydrogen-bond donors (Lipinski definition) is 1. The van der Waals surface area contributed by atoms with E-state index in [1.807, 2.05) is 32.0 Å². The number of hydrogen-bond acceptors (Lipinski definition) is 6. The fraction of sp³-hybridized carbons (Fsp3) is 0.421. The van der Waals surface area contributed by atoms with Gasteiger partial charge in [0.05, 0.1) is 17.3 Å². The lowest BCUT2D eigenvalue weighted by Crippen LogP contribution is -2.31. The van der Waals surface area contributed by atoms with E-state index in [4.69, 9.17) is 0 Å². The zero-order chi connectivity index (χ0) is 20.0. The van der Waals surface area contributed by atoms with Crippen LogP contribution in [0.5, 0.6) is 0 Å². The van der Waals surface area contributed by atoms with Gasteiger partial charge in [-0.05, 0) is 26.7 Å². The number of nitrogens with one attached hydrogen (secondary N) is 1. The molecule has 1 N–H and O–H groups in total. The Balaban J connectivity index is 1.66. The maximum Gasteiger partial charge on any atom is 0.275 e. The number of aromatic amines is 1. The van der Waals surface area contributed by atoms with Crippen molar-refractivity contribution in [2.45, 2.75) is 32.7 Å². The predicted molar refractivity (Wildman–Crippen MR) is 105 cm³/mol. The molecule has 0 aromatic carbocycles. The van der Waals surface area contributed by atoms with Gasteiger partial charge in [-0.15, -0.1) is 0 Å². The van der Waals surface area contributed by atoms with Crippen molar-refractivity contribution in [3.63, 3.8) is 0 Å². The van der Waals surface area contributed by atoms with Crippen LogP contribution in [-0.2, 0) is 0 Å². The molecule has 4 rings (SSSR count). The molecule has 1 atom stereocenters. The molecule has 0 radical (unpaired) electrons. The molecular weight excluding hydrogens is 358 g/mol. The molecular formula is C19H23N7O2.